The van der Waals surface area contributed by atoms with E-state index in [1.54, 1.807) is 6.20 Å². The fourth-order valence-corrected chi connectivity index (χ4v) is 1.06. The van der Waals surface area contributed by atoms with E-state index in [1.807, 2.05) is 19.3 Å². The largest absolute Gasteiger partial charge is 0.492 e. The molecule has 0 aromatic carbocycles. The molecule has 0 fully saturated rings. The van der Waals surface area contributed by atoms with Crippen LogP contribution in [0.3, 0.4) is 0 Å². The molecule has 0 aliphatic heterocycles. The van der Waals surface area contributed by atoms with E-state index in [0.29, 0.717) is 0 Å². The lowest BCUT2D eigenvalue weighted by atomic mass is 10.3. The van der Waals surface area contributed by atoms with Crippen molar-refractivity contribution >= 4 is 0 Å². The third kappa shape index (κ3) is 3.42. The van der Waals surface area contributed by atoms with Gasteiger partial charge in [-0.15, -0.1) is 0 Å². The summed E-state index contributed by atoms with van der Waals surface area (Å²) in [5.74, 6) is 0.856. The fourth-order valence-electron chi connectivity index (χ4n) is 1.06. The van der Waals surface area contributed by atoms with Crippen LogP contribution in [0.5, 0.6) is 5.75 Å². The van der Waals surface area contributed by atoms with Gasteiger partial charge in [0.25, 0.3) is 0 Å². The van der Waals surface area contributed by atoms with Gasteiger partial charge in [-0.1, -0.05) is 6.92 Å². The Hall–Kier alpha value is -1.09. The number of hydrogen-bond donors (Lipinski definition) is 1. The maximum Gasteiger partial charge on any atom is 0.137 e. The van der Waals surface area contributed by atoms with Gasteiger partial charge < -0.3 is 10.1 Å². The van der Waals surface area contributed by atoms with Crippen LogP contribution in [0.4, 0.5) is 0 Å². The van der Waals surface area contributed by atoms with Gasteiger partial charge in [0.1, 0.15) is 5.75 Å². The normalized spacial score (nSPS) is 10.0. The van der Waals surface area contributed by atoms with Gasteiger partial charge in [0, 0.05) is 12.7 Å². The number of ether oxygens (including phenoxy) is 1. The van der Waals surface area contributed by atoms with E-state index in [0.717, 1.165) is 30.9 Å². The minimum atomic E-state index is 0.755. The zero-order valence-corrected chi connectivity index (χ0v) is 8.21. The lowest BCUT2D eigenvalue weighted by Gasteiger charge is -2.05. The molecule has 0 radical (unpaired) electrons. The Labute approximate surface area is 79.1 Å². The molecular formula is C10H16N2O. The SMILES string of the molecule is CCCOc1cncc(CNC)c1. The lowest BCUT2D eigenvalue weighted by Crippen LogP contribution is -2.05. The highest BCUT2D eigenvalue weighted by atomic mass is 16.5. The first kappa shape index (κ1) is 9.99. The summed E-state index contributed by atoms with van der Waals surface area (Å²) in [7, 11) is 1.92. The molecular weight excluding hydrogens is 164 g/mol. The van der Waals surface area contributed by atoms with E-state index < -0.39 is 0 Å². The molecule has 3 heteroatoms. The first-order chi connectivity index (χ1) is 6.36. The van der Waals surface area contributed by atoms with E-state index in [4.69, 9.17) is 4.74 Å². The molecule has 0 spiro atoms. The van der Waals surface area contributed by atoms with Crippen LogP contribution in [0.15, 0.2) is 18.5 Å². The molecule has 1 rings (SSSR count). The van der Waals surface area contributed by atoms with Crippen LogP contribution in [-0.4, -0.2) is 18.6 Å². The Bertz CT molecular complexity index is 250. The zero-order chi connectivity index (χ0) is 9.52. The predicted molar refractivity (Wildman–Crippen MR) is 52.8 cm³/mol. The average molecular weight is 180 g/mol. The van der Waals surface area contributed by atoms with Gasteiger partial charge in [0.05, 0.1) is 12.8 Å². The molecule has 0 aliphatic carbocycles. The summed E-state index contributed by atoms with van der Waals surface area (Å²) in [6, 6.07) is 2.01. The second-order valence-electron chi connectivity index (χ2n) is 2.91. The minimum Gasteiger partial charge on any atom is -0.492 e. The van der Waals surface area contributed by atoms with Crippen molar-refractivity contribution < 1.29 is 4.74 Å². The van der Waals surface area contributed by atoms with Crippen LogP contribution in [0.1, 0.15) is 18.9 Å². The van der Waals surface area contributed by atoms with Crippen LogP contribution < -0.4 is 10.1 Å². The van der Waals surface area contributed by atoms with E-state index >= 15 is 0 Å². The van der Waals surface area contributed by atoms with E-state index in [1.165, 1.54) is 0 Å². The fraction of sp³-hybridized carbons (Fsp3) is 0.500. The summed E-state index contributed by atoms with van der Waals surface area (Å²) in [4.78, 5) is 4.09. The summed E-state index contributed by atoms with van der Waals surface area (Å²) in [6.07, 6.45) is 4.61. The summed E-state index contributed by atoms with van der Waals surface area (Å²) >= 11 is 0. The van der Waals surface area contributed by atoms with Crippen LogP contribution in [0.25, 0.3) is 0 Å². The Morgan fingerprint density at radius 2 is 2.31 bits per heavy atom. The quantitative estimate of drug-likeness (QED) is 0.747. The third-order valence-electron chi connectivity index (χ3n) is 1.62. The molecule has 0 atom stereocenters. The summed E-state index contributed by atoms with van der Waals surface area (Å²) < 4.78 is 5.45. The highest BCUT2D eigenvalue weighted by molar-refractivity contribution is 5.23. The van der Waals surface area contributed by atoms with Gasteiger partial charge in [0.15, 0.2) is 0 Å². The molecule has 0 saturated carbocycles. The van der Waals surface area contributed by atoms with Crippen molar-refractivity contribution in [1.29, 1.82) is 0 Å². The Kier molecular flexibility index (Phi) is 4.26. The highest BCUT2D eigenvalue weighted by Crippen LogP contribution is 2.10. The second kappa shape index (κ2) is 5.54. The van der Waals surface area contributed by atoms with Gasteiger partial charge in [-0.05, 0) is 25.1 Å². The van der Waals surface area contributed by atoms with Crippen molar-refractivity contribution in [3.05, 3.63) is 24.0 Å². The highest BCUT2D eigenvalue weighted by Gasteiger charge is 1.95. The van der Waals surface area contributed by atoms with Crippen molar-refractivity contribution in [2.24, 2.45) is 0 Å². The first-order valence-electron chi connectivity index (χ1n) is 4.58. The molecule has 0 aliphatic rings. The van der Waals surface area contributed by atoms with Gasteiger partial charge in [-0.3, -0.25) is 4.98 Å². The molecule has 0 unspecified atom stereocenters. The number of pyridine rings is 1. The van der Waals surface area contributed by atoms with Crippen LogP contribution in [0.2, 0.25) is 0 Å². The number of aromatic nitrogens is 1. The van der Waals surface area contributed by atoms with E-state index in [2.05, 4.69) is 17.2 Å². The molecule has 1 N–H and O–H groups in total. The maximum absolute atomic E-state index is 5.45. The topological polar surface area (TPSA) is 34.1 Å². The van der Waals surface area contributed by atoms with Gasteiger partial charge in [0.2, 0.25) is 0 Å². The van der Waals surface area contributed by atoms with Gasteiger partial charge in [-0.25, -0.2) is 0 Å². The van der Waals surface area contributed by atoms with Gasteiger partial charge >= 0.3 is 0 Å². The van der Waals surface area contributed by atoms with Crippen LogP contribution >= 0.6 is 0 Å². The van der Waals surface area contributed by atoms with Crippen LogP contribution in [-0.2, 0) is 6.54 Å². The molecule has 0 bridgehead atoms. The van der Waals surface area contributed by atoms with Crippen molar-refractivity contribution in [3.63, 3.8) is 0 Å². The molecule has 1 aromatic heterocycles. The predicted octanol–water partition coefficient (Wildman–Crippen LogP) is 1.59. The second-order valence-corrected chi connectivity index (χ2v) is 2.91. The Balaban J connectivity index is 2.56. The average Bonchev–Trinajstić information content (AvgIpc) is 2.16. The molecule has 72 valence electrons. The molecule has 3 nitrogen and oxygen atoms in total. The molecule has 1 heterocycles. The standard InChI is InChI=1S/C10H16N2O/c1-3-4-13-10-5-9(6-11-2)7-12-8-10/h5,7-8,11H,3-4,6H2,1-2H3. The van der Waals surface area contributed by atoms with Crippen LogP contribution in [0, 0.1) is 0 Å². The minimum absolute atomic E-state index is 0.755. The molecule has 0 amide bonds. The summed E-state index contributed by atoms with van der Waals surface area (Å²) in [6.45, 7) is 3.67. The lowest BCUT2D eigenvalue weighted by molar-refractivity contribution is 0.316. The number of hydrogen-bond acceptors (Lipinski definition) is 3. The molecule has 13 heavy (non-hydrogen) atoms. The first-order valence-corrected chi connectivity index (χ1v) is 4.58. The maximum atomic E-state index is 5.45. The van der Waals surface area contributed by atoms with Crippen molar-refractivity contribution in [2.75, 3.05) is 13.7 Å². The number of nitrogens with one attached hydrogen (secondary N) is 1. The molecule has 1 aromatic rings. The Morgan fingerprint density at radius 3 is 3.00 bits per heavy atom. The smallest absolute Gasteiger partial charge is 0.137 e. The monoisotopic (exact) mass is 180 g/mol. The third-order valence-corrected chi connectivity index (χ3v) is 1.62. The summed E-state index contributed by atoms with van der Waals surface area (Å²) in [5, 5.41) is 3.07. The van der Waals surface area contributed by atoms with Crippen molar-refractivity contribution in [3.8, 4) is 5.75 Å². The molecule has 0 saturated heterocycles. The van der Waals surface area contributed by atoms with E-state index in [-0.39, 0.29) is 0 Å². The van der Waals surface area contributed by atoms with Crippen molar-refractivity contribution in [1.82, 2.24) is 10.3 Å². The Morgan fingerprint density at radius 1 is 1.46 bits per heavy atom. The number of nitrogens with zero attached hydrogens (tertiary/aromatic N) is 1. The van der Waals surface area contributed by atoms with Crippen molar-refractivity contribution in [2.45, 2.75) is 19.9 Å². The number of rotatable bonds is 5. The zero-order valence-electron chi connectivity index (χ0n) is 8.21. The summed E-state index contributed by atoms with van der Waals surface area (Å²) in [5.41, 5.74) is 1.15. The van der Waals surface area contributed by atoms with Gasteiger partial charge in [-0.2, -0.15) is 0 Å². The van der Waals surface area contributed by atoms with E-state index in [9.17, 15) is 0 Å².